The van der Waals surface area contributed by atoms with Gasteiger partial charge < -0.3 is 14.5 Å². The second-order valence-electron chi connectivity index (χ2n) is 6.00. The van der Waals surface area contributed by atoms with Crippen molar-refractivity contribution in [3.63, 3.8) is 0 Å². The smallest absolute Gasteiger partial charge is 0.275 e. The average Bonchev–Trinajstić information content (AvgIpc) is 3.13. The number of carbonyl (C=O) groups is 1. The molecule has 27 heavy (non-hydrogen) atoms. The summed E-state index contributed by atoms with van der Waals surface area (Å²) in [6.45, 7) is 0. The highest BCUT2D eigenvalue weighted by molar-refractivity contribution is 6.30. The molecular formula is C21H16ClN3O2. The third-order valence-electron chi connectivity index (χ3n) is 4.19. The molecule has 0 aliphatic heterocycles. The number of hydrogen-bond donors (Lipinski definition) is 1. The minimum Gasteiger partial charge on any atom is -0.497 e. The van der Waals surface area contributed by atoms with E-state index < -0.39 is 0 Å². The zero-order chi connectivity index (χ0) is 18.8. The zero-order valence-corrected chi connectivity index (χ0v) is 15.3. The molecule has 0 spiro atoms. The standard InChI is InChI=1S/C21H16ClN3O2/c1-27-18-4-2-3-14(11-18)15-5-10-20-24-19(13-25(20)12-15)21(26)23-17-8-6-16(22)7-9-17/h2-13H,1H3,(H,23,26). The number of fused-ring (bicyclic) bond motifs is 1. The van der Waals surface area contributed by atoms with Crippen LogP contribution in [0, 0.1) is 0 Å². The summed E-state index contributed by atoms with van der Waals surface area (Å²) in [7, 11) is 1.64. The van der Waals surface area contributed by atoms with Gasteiger partial charge >= 0.3 is 0 Å². The van der Waals surface area contributed by atoms with E-state index in [-0.39, 0.29) is 5.91 Å². The number of imidazole rings is 1. The summed E-state index contributed by atoms with van der Waals surface area (Å²) in [4.78, 5) is 16.9. The Bertz CT molecular complexity index is 1120. The van der Waals surface area contributed by atoms with Crippen LogP contribution in [0.15, 0.2) is 73.1 Å². The molecule has 5 nitrogen and oxygen atoms in total. The van der Waals surface area contributed by atoms with E-state index in [0.717, 1.165) is 16.9 Å². The maximum absolute atomic E-state index is 12.5. The van der Waals surface area contributed by atoms with E-state index in [1.165, 1.54) is 0 Å². The van der Waals surface area contributed by atoms with E-state index in [2.05, 4.69) is 10.3 Å². The molecule has 0 saturated carbocycles. The van der Waals surface area contributed by atoms with E-state index in [1.54, 1.807) is 37.6 Å². The number of hydrogen-bond acceptors (Lipinski definition) is 3. The number of aromatic nitrogens is 2. The first-order valence-electron chi connectivity index (χ1n) is 8.32. The van der Waals surface area contributed by atoms with Gasteiger partial charge in [0.25, 0.3) is 5.91 Å². The fourth-order valence-corrected chi connectivity index (χ4v) is 2.93. The average molecular weight is 378 g/mol. The summed E-state index contributed by atoms with van der Waals surface area (Å²) in [5.41, 5.74) is 3.73. The first-order valence-corrected chi connectivity index (χ1v) is 8.70. The number of amides is 1. The van der Waals surface area contributed by atoms with Gasteiger partial charge in [-0.15, -0.1) is 0 Å². The number of ether oxygens (including phenoxy) is 1. The molecule has 0 atom stereocenters. The van der Waals surface area contributed by atoms with Gasteiger partial charge in [0.1, 0.15) is 17.1 Å². The fraction of sp³-hybridized carbons (Fsp3) is 0.0476. The lowest BCUT2D eigenvalue weighted by Gasteiger charge is -2.05. The quantitative estimate of drug-likeness (QED) is 0.549. The largest absolute Gasteiger partial charge is 0.497 e. The second-order valence-corrected chi connectivity index (χ2v) is 6.44. The summed E-state index contributed by atoms with van der Waals surface area (Å²) < 4.78 is 7.12. The van der Waals surface area contributed by atoms with E-state index in [4.69, 9.17) is 16.3 Å². The summed E-state index contributed by atoms with van der Waals surface area (Å²) in [6.07, 6.45) is 3.65. The van der Waals surface area contributed by atoms with Gasteiger partial charge in [-0.05, 0) is 59.7 Å². The predicted molar refractivity (Wildman–Crippen MR) is 107 cm³/mol. The number of nitrogens with zero attached hydrogens (tertiary/aromatic N) is 2. The van der Waals surface area contributed by atoms with Crippen molar-refractivity contribution >= 4 is 28.8 Å². The molecule has 0 bridgehead atoms. The molecule has 0 radical (unpaired) electrons. The first-order chi connectivity index (χ1) is 13.1. The van der Waals surface area contributed by atoms with Crippen molar-refractivity contribution in [3.05, 3.63) is 83.8 Å². The Balaban J connectivity index is 1.62. The molecule has 0 aliphatic rings. The van der Waals surface area contributed by atoms with E-state index in [1.807, 2.05) is 47.0 Å². The van der Waals surface area contributed by atoms with Gasteiger partial charge in [-0.2, -0.15) is 0 Å². The maximum atomic E-state index is 12.5. The monoisotopic (exact) mass is 377 g/mol. The molecule has 4 rings (SSSR count). The SMILES string of the molecule is COc1cccc(-c2ccc3nc(C(=O)Nc4ccc(Cl)cc4)cn3c2)c1. The molecule has 6 heteroatoms. The predicted octanol–water partition coefficient (Wildman–Crippen LogP) is 4.92. The Morgan fingerprint density at radius 1 is 1.04 bits per heavy atom. The third-order valence-corrected chi connectivity index (χ3v) is 4.44. The van der Waals surface area contributed by atoms with Crippen LogP contribution in [0.25, 0.3) is 16.8 Å². The molecule has 2 heterocycles. The summed E-state index contributed by atoms with van der Waals surface area (Å²) in [6, 6.07) is 18.6. The number of nitrogens with one attached hydrogen (secondary N) is 1. The Hall–Kier alpha value is -3.31. The highest BCUT2D eigenvalue weighted by Gasteiger charge is 2.12. The van der Waals surface area contributed by atoms with Crippen LogP contribution in [0.3, 0.4) is 0 Å². The van der Waals surface area contributed by atoms with Crippen molar-refractivity contribution in [2.24, 2.45) is 0 Å². The maximum Gasteiger partial charge on any atom is 0.275 e. The van der Waals surface area contributed by atoms with Gasteiger partial charge in [0.15, 0.2) is 0 Å². The molecule has 0 fully saturated rings. The lowest BCUT2D eigenvalue weighted by molar-refractivity contribution is 0.102. The Labute approximate surface area is 161 Å². The van der Waals surface area contributed by atoms with E-state index in [9.17, 15) is 4.79 Å². The van der Waals surface area contributed by atoms with Gasteiger partial charge in [0, 0.05) is 23.1 Å². The molecule has 1 N–H and O–H groups in total. The van der Waals surface area contributed by atoms with Crippen molar-refractivity contribution < 1.29 is 9.53 Å². The lowest BCUT2D eigenvalue weighted by atomic mass is 10.1. The molecule has 0 aliphatic carbocycles. The van der Waals surface area contributed by atoms with Crippen molar-refractivity contribution in [2.75, 3.05) is 12.4 Å². The van der Waals surface area contributed by atoms with Crippen molar-refractivity contribution in [1.82, 2.24) is 9.38 Å². The summed E-state index contributed by atoms with van der Waals surface area (Å²) in [5.74, 6) is 0.519. The molecule has 134 valence electrons. The number of anilines is 1. The Morgan fingerprint density at radius 3 is 2.63 bits per heavy atom. The first kappa shape index (κ1) is 17.1. The topological polar surface area (TPSA) is 55.6 Å². The van der Waals surface area contributed by atoms with Crippen LogP contribution in [-0.2, 0) is 0 Å². The van der Waals surface area contributed by atoms with Crippen LogP contribution in [-0.4, -0.2) is 22.4 Å². The van der Waals surface area contributed by atoms with E-state index >= 15 is 0 Å². The second kappa shape index (κ2) is 7.13. The number of benzene rings is 2. The zero-order valence-electron chi connectivity index (χ0n) is 14.5. The molecule has 0 saturated heterocycles. The van der Waals surface area contributed by atoms with Crippen LogP contribution in [0.5, 0.6) is 5.75 Å². The van der Waals surface area contributed by atoms with Crippen LogP contribution in [0.4, 0.5) is 5.69 Å². The van der Waals surface area contributed by atoms with Crippen LogP contribution < -0.4 is 10.1 Å². The fourth-order valence-electron chi connectivity index (χ4n) is 2.80. The van der Waals surface area contributed by atoms with Crippen LogP contribution in [0.1, 0.15) is 10.5 Å². The van der Waals surface area contributed by atoms with Gasteiger partial charge in [-0.1, -0.05) is 23.7 Å². The molecule has 1 amide bonds. The number of rotatable bonds is 4. The molecule has 0 unspecified atom stereocenters. The van der Waals surface area contributed by atoms with Gasteiger partial charge in [-0.25, -0.2) is 4.98 Å². The highest BCUT2D eigenvalue weighted by atomic mass is 35.5. The van der Waals surface area contributed by atoms with Gasteiger partial charge in [0.05, 0.1) is 7.11 Å². The third kappa shape index (κ3) is 3.64. The highest BCUT2D eigenvalue weighted by Crippen LogP contribution is 2.24. The van der Waals surface area contributed by atoms with E-state index in [0.29, 0.717) is 22.1 Å². The summed E-state index contributed by atoms with van der Waals surface area (Å²) >= 11 is 5.87. The van der Waals surface area contributed by atoms with Gasteiger partial charge in [-0.3, -0.25) is 4.79 Å². The van der Waals surface area contributed by atoms with Crippen LogP contribution >= 0.6 is 11.6 Å². The summed E-state index contributed by atoms with van der Waals surface area (Å²) in [5, 5.41) is 3.43. The Morgan fingerprint density at radius 2 is 1.85 bits per heavy atom. The molecule has 2 aromatic heterocycles. The normalized spacial score (nSPS) is 10.7. The van der Waals surface area contributed by atoms with Crippen molar-refractivity contribution in [3.8, 4) is 16.9 Å². The van der Waals surface area contributed by atoms with Crippen LogP contribution in [0.2, 0.25) is 5.02 Å². The minimum absolute atomic E-state index is 0.274. The van der Waals surface area contributed by atoms with Crippen molar-refractivity contribution in [1.29, 1.82) is 0 Å². The number of halogens is 1. The Kier molecular flexibility index (Phi) is 4.52. The molecule has 2 aromatic carbocycles. The number of carbonyl (C=O) groups excluding carboxylic acids is 1. The minimum atomic E-state index is -0.274. The molecule has 4 aromatic rings. The van der Waals surface area contributed by atoms with Gasteiger partial charge in [0.2, 0.25) is 0 Å². The lowest BCUT2D eigenvalue weighted by Crippen LogP contribution is -2.12. The number of methoxy groups -OCH3 is 1. The number of pyridine rings is 1. The van der Waals surface area contributed by atoms with Crippen molar-refractivity contribution in [2.45, 2.75) is 0 Å². The molecular weight excluding hydrogens is 362 g/mol.